The van der Waals surface area contributed by atoms with Crippen molar-refractivity contribution in [3.05, 3.63) is 53.6 Å². The first-order chi connectivity index (χ1) is 16.9. The van der Waals surface area contributed by atoms with Crippen molar-refractivity contribution in [2.45, 2.75) is 64.8 Å². The highest BCUT2D eigenvalue weighted by atomic mass is 35.5. The summed E-state index contributed by atoms with van der Waals surface area (Å²) in [7, 11) is 0. The number of hydrogen-bond donors (Lipinski definition) is 1. The minimum Gasteiger partial charge on any atom is -0.494 e. The van der Waals surface area contributed by atoms with Crippen molar-refractivity contribution >= 4 is 52.1 Å². The van der Waals surface area contributed by atoms with Crippen LogP contribution in [0, 0.1) is 0 Å². The Morgan fingerprint density at radius 2 is 1.80 bits per heavy atom. The molecular weight excluding hydrogens is 482 g/mol. The number of unbranched alkanes of at least 4 members (excludes halogenated alkanes) is 4. The summed E-state index contributed by atoms with van der Waals surface area (Å²) in [5.41, 5.74) is 1.28. The number of rotatable bonds is 13. The van der Waals surface area contributed by atoms with Crippen LogP contribution in [0.25, 0.3) is 0 Å². The summed E-state index contributed by atoms with van der Waals surface area (Å²) in [5, 5.41) is 3.84. The van der Waals surface area contributed by atoms with Gasteiger partial charge in [-0.15, -0.1) is 0 Å². The standard InChI is InChI=1S/C27H34ClN3O3S/c1-3-5-6-7-8-16-30-24(26(33)31(27(30)35)22-11-9-10-20(28)18-22)19-25(32)29-21-12-14-23(15-13-21)34-17-4-2/h9-15,18,24H,3-8,16-17,19H2,1-2H3,(H,29,32). The van der Waals surface area contributed by atoms with Gasteiger partial charge in [-0.25, -0.2) is 0 Å². The van der Waals surface area contributed by atoms with Gasteiger partial charge in [0.1, 0.15) is 11.8 Å². The Kier molecular flexibility index (Phi) is 10.4. The van der Waals surface area contributed by atoms with Crippen LogP contribution in [0.4, 0.5) is 11.4 Å². The molecule has 1 unspecified atom stereocenters. The molecular formula is C27H34ClN3O3S. The molecule has 1 N–H and O–H groups in total. The number of ether oxygens (including phenoxy) is 1. The smallest absolute Gasteiger partial charge is 0.256 e. The van der Waals surface area contributed by atoms with Crippen LogP contribution in [0.5, 0.6) is 5.75 Å². The van der Waals surface area contributed by atoms with Crippen LogP contribution < -0.4 is 15.0 Å². The van der Waals surface area contributed by atoms with E-state index >= 15 is 0 Å². The molecule has 0 bridgehead atoms. The van der Waals surface area contributed by atoms with Gasteiger partial charge in [0.05, 0.1) is 18.7 Å². The van der Waals surface area contributed by atoms with E-state index in [0.29, 0.717) is 34.7 Å². The Morgan fingerprint density at radius 1 is 1.06 bits per heavy atom. The first kappa shape index (κ1) is 27.0. The molecule has 35 heavy (non-hydrogen) atoms. The molecule has 3 rings (SSSR count). The van der Waals surface area contributed by atoms with Crippen LogP contribution in [-0.2, 0) is 9.59 Å². The number of carbonyl (C=O) groups is 2. The molecule has 1 heterocycles. The molecule has 2 amide bonds. The number of nitrogens with zero attached hydrogens (tertiary/aromatic N) is 2. The van der Waals surface area contributed by atoms with Gasteiger partial charge >= 0.3 is 0 Å². The average Bonchev–Trinajstić information content (AvgIpc) is 3.07. The molecule has 0 aromatic heterocycles. The van der Waals surface area contributed by atoms with Gasteiger partial charge < -0.3 is 15.0 Å². The number of thiocarbonyl (C=S) groups is 1. The number of hydrogen-bond acceptors (Lipinski definition) is 4. The number of amides is 2. The zero-order valence-corrected chi connectivity index (χ0v) is 22.0. The number of anilines is 2. The second-order valence-electron chi connectivity index (χ2n) is 8.68. The maximum atomic E-state index is 13.5. The molecule has 0 spiro atoms. The quantitative estimate of drug-likeness (QED) is 0.246. The highest BCUT2D eigenvalue weighted by Gasteiger charge is 2.43. The molecule has 1 aliphatic heterocycles. The fraction of sp³-hybridized carbons (Fsp3) is 0.444. The first-order valence-electron chi connectivity index (χ1n) is 12.4. The predicted octanol–water partition coefficient (Wildman–Crippen LogP) is 6.43. The van der Waals surface area contributed by atoms with E-state index in [1.807, 2.05) is 24.0 Å². The normalized spacial score (nSPS) is 15.6. The molecule has 0 radical (unpaired) electrons. The molecule has 2 aromatic rings. The Labute approximate surface area is 218 Å². The summed E-state index contributed by atoms with van der Waals surface area (Å²) >= 11 is 11.9. The molecule has 2 aromatic carbocycles. The van der Waals surface area contributed by atoms with Crippen LogP contribution in [0.2, 0.25) is 5.02 Å². The van der Waals surface area contributed by atoms with E-state index in [4.69, 9.17) is 28.6 Å². The predicted molar refractivity (Wildman–Crippen MR) is 146 cm³/mol. The lowest BCUT2D eigenvalue weighted by Crippen LogP contribution is -2.38. The summed E-state index contributed by atoms with van der Waals surface area (Å²) < 4.78 is 5.59. The van der Waals surface area contributed by atoms with Crippen molar-refractivity contribution in [3.63, 3.8) is 0 Å². The van der Waals surface area contributed by atoms with Gasteiger partial charge in [0.25, 0.3) is 5.91 Å². The molecule has 1 atom stereocenters. The van der Waals surface area contributed by atoms with E-state index < -0.39 is 6.04 Å². The van der Waals surface area contributed by atoms with E-state index in [9.17, 15) is 9.59 Å². The van der Waals surface area contributed by atoms with Gasteiger partial charge in [-0.2, -0.15) is 0 Å². The molecule has 1 saturated heterocycles. The molecule has 188 valence electrons. The summed E-state index contributed by atoms with van der Waals surface area (Å²) in [6, 6.07) is 13.7. The minimum absolute atomic E-state index is 0.0130. The molecule has 1 aliphatic rings. The third-order valence-corrected chi connectivity index (χ3v) is 6.53. The summed E-state index contributed by atoms with van der Waals surface area (Å²) in [4.78, 5) is 29.8. The van der Waals surface area contributed by atoms with E-state index in [2.05, 4.69) is 12.2 Å². The lowest BCUT2D eigenvalue weighted by Gasteiger charge is -2.24. The van der Waals surface area contributed by atoms with Crippen molar-refractivity contribution in [2.24, 2.45) is 0 Å². The van der Waals surface area contributed by atoms with Crippen molar-refractivity contribution in [2.75, 3.05) is 23.4 Å². The summed E-state index contributed by atoms with van der Waals surface area (Å²) in [6.07, 6.45) is 6.41. The van der Waals surface area contributed by atoms with Gasteiger partial charge in [0, 0.05) is 17.3 Å². The van der Waals surface area contributed by atoms with Crippen molar-refractivity contribution in [1.29, 1.82) is 0 Å². The Balaban J connectivity index is 1.71. The highest BCUT2D eigenvalue weighted by molar-refractivity contribution is 7.80. The van der Waals surface area contributed by atoms with Gasteiger partial charge in [-0.3, -0.25) is 14.5 Å². The Bertz CT molecular complexity index is 1010. The van der Waals surface area contributed by atoms with E-state index in [-0.39, 0.29) is 18.2 Å². The van der Waals surface area contributed by atoms with Crippen LogP contribution in [0.15, 0.2) is 48.5 Å². The van der Waals surface area contributed by atoms with Crippen LogP contribution in [-0.4, -0.2) is 41.0 Å². The topological polar surface area (TPSA) is 61.9 Å². The third-order valence-electron chi connectivity index (χ3n) is 5.88. The Morgan fingerprint density at radius 3 is 2.49 bits per heavy atom. The minimum atomic E-state index is -0.653. The number of halogens is 1. The van der Waals surface area contributed by atoms with Crippen molar-refractivity contribution < 1.29 is 14.3 Å². The third kappa shape index (κ3) is 7.42. The molecule has 1 fully saturated rings. The van der Waals surface area contributed by atoms with E-state index in [1.165, 1.54) is 11.3 Å². The maximum absolute atomic E-state index is 13.5. The lowest BCUT2D eigenvalue weighted by molar-refractivity contribution is -0.124. The van der Waals surface area contributed by atoms with Gasteiger partial charge in [-0.05, 0) is 67.5 Å². The van der Waals surface area contributed by atoms with Crippen molar-refractivity contribution in [1.82, 2.24) is 4.90 Å². The molecule has 8 heteroatoms. The van der Waals surface area contributed by atoms with Crippen molar-refractivity contribution in [3.8, 4) is 5.75 Å². The fourth-order valence-corrected chi connectivity index (χ4v) is 4.67. The molecule has 6 nitrogen and oxygen atoms in total. The number of carbonyl (C=O) groups excluding carboxylic acids is 2. The second kappa shape index (κ2) is 13.4. The maximum Gasteiger partial charge on any atom is 0.256 e. The average molecular weight is 516 g/mol. The first-order valence-corrected chi connectivity index (χ1v) is 13.2. The van der Waals surface area contributed by atoms with Crippen LogP contribution in [0.3, 0.4) is 0 Å². The van der Waals surface area contributed by atoms with Crippen LogP contribution >= 0.6 is 23.8 Å². The van der Waals surface area contributed by atoms with Gasteiger partial charge in [-0.1, -0.05) is 57.2 Å². The summed E-state index contributed by atoms with van der Waals surface area (Å²) in [6.45, 7) is 5.50. The zero-order valence-electron chi connectivity index (χ0n) is 20.5. The lowest BCUT2D eigenvalue weighted by atomic mass is 10.1. The van der Waals surface area contributed by atoms with Gasteiger partial charge in [0.2, 0.25) is 5.91 Å². The van der Waals surface area contributed by atoms with Gasteiger partial charge in [0.15, 0.2) is 5.11 Å². The van der Waals surface area contributed by atoms with E-state index in [1.54, 1.807) is 36.4 Å². The number of nitrogens with one attached hydrogen (secondary N) is 1. The fourth-order valence-electron chi connectivity index (χ4n) is 4.07. The molecule has 0 aliphatic carbocycles. The van der Waals surface area contributed by atoms with Crippen LogP contribution in [0.1, 0.15) is 58.8 Å². The summed E-state index contributed by atoms with van der Waals surface area (Å²) in [5.74, 6) is 0.314. The molecule has 0 saturated carbocycles. The monoisotopic (exact) mass is 515 g/mol. The second-order valence-corrected chi connectivity index (χ2v) is 9.49. The highest BCUT2D eigenvalue weighted by Crippen LogP contribution is 2.29. The largest absolute Gasteiger partial charge is 0.494 e. The van der Waals surface area contributed by atoms with E-state index in [0.717, 1.165) is 37.9 Å². The Hall–Kier alpha value is -2.64. The SMILES string of the molecule is CCCCCCCN1C(=S)N(c2cccc(Cl)c2)C(=O)C1CC(=O)Nc1ccc(OCCC)cc1. The zero-order chi connectivity index (χ0) is 25.2. The number of benzene rings is 2.